The average Bonchev–Trinajstić information content (AvgIpc) is 2.39. The van der Waals surface area contributed by atoms with E-state index in [1.165, 1.54) is 0 Å². The summed E-state index contributed by atoms with van der Waals surface area (Å²) in [5, 5.41) is 21.7. The van der Waals surface area contributed by atoms with Gasteiger partial charge in [0.2, 0.25) is 0 Å². The molecule has 1 heterocycles. The van der Waals surface area contributed by atoms with Crippen molar-refractivity contribution < 1.29 is 78.9 Å². The van der Waals surface area contributed by atoms with E-state index in [0.29, 0.717) is 5.56 Å². The van der Waals surface area contributed by atoms with Gasteiger partial charge in [-0.2, -0.15) is 0 Å². The quantitative estimate of drug-likeness (QED) is 0.563. The van der Waals surface area contributed by atoms with Crippen molar-refractivity contribution in [3.8, 4) is 11.3 Å². The molecular weight excluding hydrogens is 294 g/mol. The second-order valence-electron chi connectivity index (χ2n) is 3.76. The van der Waals surface area contributed by atoms with Gasteiger partial charge in [-0.3, -0.25) is 0 Å². The molecule has 0 amide bonds. The normalized spacial score (nSPS) is 9.14. The Hall–Kier alpha value is -0.890. The van der Waals surface area contributed by atoms with Crippen LogP contribution >= 0.6 is 0 Å². The van der Waals surface area contributed by atoms with Gasteiger partial charge < -0.3 is 25.5 Å². The van der Waals surface area contributed by atoms with E-state index in [0.717, 1.165) is 6.07 Å². The van der Waals surface area contributed by atoms with Crippen LogP contribution in [0.15, 0.2) is 36.4 Å². The number of nitrogens with zero attached hydrogens (tertiary/aromatic N) is 1. The fourth-order valence-corrected chi connectivity index (χ4v) is 1.67. The van der Waals surface area contributed by atoms with Crippen LogP contribution in [0, 0.1) is 0 Å². The largest absolute Gasteiger partial charge is 1.00 e. The molecule has 21 heavy (non-hydrogen) atoms. The van der Waals surface area contributed by atoms with E-state index in [9.17, 15) is 19.8 Å². The zero-order chi connectivity index (χ0) is 14.0. The van der Waals surface area contributed by atoms with E-state index in [-0.39, 0.29) is 70.5 Å². The Morgan fingerprint density at radius 3 is 2.05 bits per heavy atom. The molecule has 0 saturated carbocycles. The summed E-state index contributed by atoms with van der Waals surface area (Å²) in [6.45, 7) is 0. The van der Waals surface area contributed by atoms with Crippen molar-refractivity contribution in [2.45, 2.75) is 0 Å². The summed E-state index contributed by atoms with van der Waals surface area (Å²) in [7, 11) is 0. The molecule has 8 heteroatoms. The summed E-state index contributed by atoms with van der Waals surface area (Å²) in [4.78, 5) is 25.5. The second-order valence-corrected chi connectivity index (χ2v) is 3.76. The van der Waals surface area contributed by atoms with Crippen LogP contribution in [0.1, 0.15) is 20.8 Å². The van der Waals surface area contributed by atoms with Gasteiger partial charge in [0.05, 0.1) is 29.0 Å². The molecule has 96 valence electrons. The molecule has 0 spiro atoms. The molecule has 0 aliphatic heterocycles. The van der Waals surface area contributed by atoms with E-state index >= 15 is 0 Å². The maximum atomic E-state index is 10.9. The molecule has 0 atom stereocenters. The Morgan fingerprint density at radius 2 is 1.57 bits per heavy atom. The fraction of sp³-hybridized carbons (Fsp3) is 0. The molecule has 1 aromatic heterocycles. The third kappa shape index (κ3) is 4.54. The Morgan fingerprint density at radius 1 is 1.00 bits per heavy atom. The van der Waals surface area contributed by atoms with Crippen molar-refractivity contribution >= 4 is 17.6 Å². The monoisotopic (exact) mass is 302 g/mol. The Kier molecular flexibility index (Phi) is 8.17. The number of nitrogens with two attached hydrogens (primary N) is 1. The number of carbonyl (C=O) groups excluding carboxylic acids is 2. The average molecular weight is 302 g/mol. The SMILES string of the molecule is Nc1cc(C(=O)[O-])c(C(=O)[O-])nc1-c1ccccc1.[Na+].[Na+]. The maximum Gasteiger partial charge on any atom is 1.00 e. The van der Waals surface area contributed by atoms with Crippen LogP contribution in [0.4, 0.5) is 5.69 Å². The summed E-state index contributed by atoms with van der Waals surface area (Å²) in [6.07, 6.45) is 0. The molecule has 0 aliphatic carbocycles. The van der Waals surface area contributed by atoms with Gasteiger partial charge in [0.25, 0.3) is 0 Å². The van der Waals surface area contributed by atoms with Crippen molar-refractivity contribution in [2.24, 2.45) is 0 Å². The number of carbonyl (C=O) groups is 2. The number of aromatic nitrogens is 1. The molecule has 0 fully saturated rings. The molecular formula is C13H8N2Na2O4. The third-order valence-electron chi connectivity index (χ3n) is 2.51. The molecule has 0 saturated heterocycles. The zero-order valence-electron chi connectivity index (χ0n) is 11.6. The van der Waals surface area contributed by atoms with E-state index in [4.69, 9.17) is 5.73 Å². The second kappa shape index (κ2) is 8.53. The van der Waals surface area contributed by atoms with Gasteiger partial charge in [-0.05, 0) is 6.07 Å². The summed E-state index contributed by atoms with van der Waals surface area (Å²) in [5.74, 6) is -3.37. The summed E-state index contributed by atoms with van der Waals surface area (Å²) < 4.78 is 0. The van der Waals surface area contributed by atoms with Crippen molar-refractivity contribution in [3.05, 3.63) is 47.7 Å². The first-order valence-corrected chi connectivity index (χ1v) is 5.29. The molecule has 6 nitrogen and oxygen atoms in total. The van der Waals surface area contributed by atoms with Crippen LogP contribution in [0.5, 0.6) is 0 Å². The van der Waals surface area contributed by atoms with Gasteiger partial charge in [-0.15, -0.1) is 0 Å². The summed E-state index contributed by atoms with van der Waals surface area (Å²) in [6, 6.07) is 9.58. The first-order chi connectivity index (χ1) is 9.00. The predicted molar refractivity (Wildman–Crippen MR) is 62.7 cm³/mol. The first-order valence-electron chi connectivity index (χ1n) is 5.29. The number of hydrogen-bond acceptors (Lipinski definition) is 6. The fourth-order valence-electron chi connectivity index (χ4n) is 1.67. The number of carboxylic acids is 2. The number of benzene rings is 1. The van der Waals surface area contributed by atoms with E-state index in [1.54, 1.807) is 30.3 Å². The molecule has 2 rings (SSSR count). The van der Waals surface area contributed by atoms with Crippen LogP contribution in [-0.4, -0.2) is 16.9 Å². The van der Waals surface area contributed by atoms with Crippen LogP contribution < -0.4 is 75.1 Å². The molecule has 2 N–H and O–H groups in total. The Bertz CT molecular complexity index is 663. The number of nitrogen functional groups attached to an aromatic ring is 1. The minimum atomic E-state index is -1.70. The molecule has 0 bridgehead atoms. The summed E-state index contributed by atoms with van der Waals surface area (Å²) in [5.41, 5.74) is 5.21. The van der Waals surface area contributed by atoms with Crippen molar-refractivity contribution in [2.75, 3.05) is 5.73 Å². The van der Waals surface area contributed by atoms with Gasteiger partial charge in [0.1, 0.15) is 0 Å². The van der Waals surface area contributed by atoms with Gasteiger partial charge in [-0.25, -0.2) is 4.98 Å². The minimum Gasteiger partial charge on any atom is -0.545 e. The van der Waals surface area contributed by atoms with E-state index < -0.39 is 23.2 Å². The topological polar surface area (TPSA) is 119 Å². The predicted octanol–water partition coefficient (Wildman–Crippen LogP) is -6.93. The number of hydrogen-bond donors (Lipinski definition) is 1. The van der Waals surface area contributed by atoms with Gasteiger partial charge in [0.15, 0.2) is 0 Å². The number of aromatic carboxylic acids is 2. The van der Waals surface area contributed by atoms with E-state index in [1.807, 2.05) is 0 Å². The Balaban J connectivity index is 0.00000200. The minimum absolute atomic E-state index is 0. The van der Waals surface area contributed by atoms with Crippen LogP contribution in [0.25, 0.3) is 11.3 Å². The zero-order valence-corrected chi connectivity index (χ0v) is 15.6. The number of anilines is 1. The number of pyridine rings is 1. The molecule has 0 unspecified atom stereocenters. The maximum absolute atomic E-state index is 10.9. The smallest absolute Gasteiger partial charge is 0.545 e. The summed E-state index contributed by atoms with van der Waals surface area (Å²) >= 11 is 0. The molecule has 2 aromatic rings. The third-order valence-corrected chi connectivity index (χ3v) is 2.51. The van der Waals surface area contributed by atoms with E-state index in [2.05, 4.69) is 4.98 Å². The van der Waals surface area contributed by atoms with Gasteiger partial charge >= 0.3 is 59.1 Å². The van der Waals surface area contributed by atoms with Crippen LogP contribution in [0.2, 0.25) is 0 Å². The standard InChI is InChI=1S/C13H10N2O4.2Na/c14-9-6-8(12(16)17)11(13(18)19)15-10(9)7-4-2-1-3-5-7;;/h1-6H,14H2,(H,16,17)(H,18,19);;/q;2*+1/p-2. The van der Waals surface area contributed by atoms with Crippen molar-refractivity contribution in [1.82, 2.24) is 4.98 Å². The van der Waals surface area contributed by atoms with Crippen LogP contribution in [-0.2, 0) is 0 Å². The Labute approximate surface area is 165 Å². The molecule has 0 aliphatic rings. The molecule has 1 aromatic carbocycles. The number of rotatable bonds is 3. The number of carboxylic acid groups (broad SMARTS) is 2. The van der Waals surface area contributed by atoms with Gasteiger partial charge in [-0.1, -0.05) is 30.3 Å². The van der Waals surface area contributed by atoms with Gasteiger partial charge in [0, 0.05) is 11.1 Å². The first kappa shape index (κ1) is 20.1. The molecule has 0 radical (unpaired) electrons. The van der Waals surface area contributed by atoms with Crippen molar-refractivity contribution in [3.63, 3.8) is 0 Å². The van der Waals surface area contributed by atoms with Crippen LogP contribution in [0.3, 0.4) is 0 Å². The van der Waals surface area contributed by atoms with Crippen molar-refractivity contribution in [1.29, 1.82) is 0 Å².